The van der Waals surface area contributed by atoms with Crippen molar-refractivity contribution in [1.82, 2.24) is 14.9 Å². The molecule has 1 fully saturated rings. The van der Waals surface area contributed by atoms with E-state index in [1.165, 1.54) is 18.3 Å². The fraction of sp³-hybridized carbons (Fsp3) is 0.211. The topological polar surface area (TPSA) is 92.5 Å². The lowest BCUT2D eigenvalue weighted by atomic mass is 10.2. The molecule has 136 valence electrons. The number of aromatic nitrogens is 2. The molecule has 0 radical (unpaired) electrons. The lowest BCUT2D eigenvalue weighted by Gasteiger charge is -2.35. The smallest absolute Gasteiger partial charge is 0.274 e. The van der Waals surface area contributed by atoms with E-state index < -0.39 is 4.92 Å². The first-order valence-electron chi connectivity index (χ1n) is 8.62. The zero-order chi connectivity index (χ0) is 18.8. The average molecular weight is 363 g/mol. The molecule has 0 unspecified atom stereocenters. The molecule has 4 rings (SSSR count). The second kappa shape index (κ2) is 6.99. The van der Waals surface area contributed by atoms with Gasteiger partial charge in [0.2, 0.25) is 0 Å². The Morgan fingerprint density at radius 2 is 1.63 bits per heavy atom. The van der Waals surface area contributed by atoms with Crippen LogP contribution in [0.1, 0.15) is 10.5 Å². The summed E-state index contributed by atoms with van der Waals surface area (Å²) in [5, 5.41) is 10.8. The summed E-state index contributed by atoms with van der Waals surface area (Å²) < 4.78 is 0. The van der Waals surface area contributed by atoms with Crippen molar-refractivity contribution in [2.24, 2.45) is 0 Å². The number of piperazine rings is 1. The number of carbonyl (C=O) groups is 1. The van der Waals surface area contributed by atoms with Gasteiger partial charge < -0.3 is 9.80 Å². The third-order valence-electron chi connectivity index (χ3n) is 4.66. The summed E-state index contributed by atoms with van der Waals surface area (Å²) in [5.41, 5.74) is 2.79. The van der Waals surface area contributed by atoms with Crippen molar-refractivity contribution < 1.29 is 9.72 Å². The molecule has 0 N–H and O–H groups in total. The number of nitro benzene ring substituents is 1. The van der Waals surface area contributed by atoms with Crippen molar-refractivity contribution in [2.75, 3.05) is 31.1 Å². The molecule has 8 heteroatoms. The fourth-order valence-corrected chi connectivity index (χ4v) is 3.18. The van der Waals surface area contributed by atoms with Crippen LogP contribution in [-0.2, 0) is 0 Å². The van der Waals surface area contributed by atoms with E-state index in [4.69, 9.17) is 0 Å². The van der Waals surface area contributed by atoms with Gasteiger partial charge in [0.1, 0.15) is 5.69 Å². The molecule has 2 heterocycles. The van der Waals surface area contributed by atoms with Gasteiger partial charge in [-0.25, -0.2) is 4.98 Å². The highest BCUT2D eigenvalue weighted by atomic mass is 16.6. The van der Waals surface area contributed by atoms with E-state index in [1.54, 1.807) is 17.0 Å². The molecule has 2 aromatic carbocycles. The number of fused-ring (bicyclic) bond motifs is 1. The second-order valence-corrected chi connectivity index (χ2v) is 6.30. The molecule has 3 aromatic rings. The quantitative estimate of drug-likeness (QED) is 0.524. The van der Waals surface area contributed by atoms with Crippen molar-refractivity contribution in [3.63, 3.8) is 0 Å². The Bertz CT molecular complexity index is 998. The van der Waals surface area contributed by atoms with E-state index in [9.17, 15) is 14.9 Å². The SMILES string of the molecule is O=C(c1cnc2ccccc2n1)N1CCN(c2ccc([N+](=O)[O-])cc2)CC1. The Morgan fingerprint density at radius 3 is 2.30 bits per heavy atom. The van der Waals surface area contributed by atoms with Gasteiger partial charge in [-0.1, -0.05) is 12.1 Å². The van der Waals surface area contributed by atoms with Crippen LogP contribution in [0.4, 0.5) is 11.4 Å². The van der Waals surface area contributed by atoms with Crippen molar-refractivity contribution in [1.29, 1.82) is 0 Å². The summed E-state index contributed by atoms with van der Waals surface area (Å²) in [6, 6.07) is 13.9. The number of rotatable bonds is 3. The molecule has 0 aliphatic carbocycles. The van der Waals surface area contributed by atoms with E-state index >= 15 is 0 Å². The van der Waals surface area contributed by atoms with Gasteiger partial charge in [-0.2, -0.15) is 0 Å². The van der Waals surface area contributed by atoms with Gasteiger partial charge in [0.25, 0.3) is 11.6 Å². The highest BCUT2D eigenvalue weighted by molar-refractivity contribution is 5.94. The molecule has 8 nitrogen and oxygen atoms in total. The first kappa shape index (κ1) is 16.9. The van der Waals surface area contributed by atoms with Gasteiger partial charge in [-0.05, 0) is 24.3 Å². The van der Waals surface area contributed by atoms with Crippen LogP contribution in [0.3, 0.4) is 0 Å². The van der Waals surface area contributed by atoms with Crippen LogP contribution < -0.4 is 4.90 Å². The highest BCUT2D eigenvalue weighted by Crippen LogP contribution is 2.21. The Kier molecular flexibility index (Phi) is 4.37. The number of nitro groups is 1. The summed E-state index contributed by atoms with van der Waals surface area (Å²) >= 11 is 0. The highest BCUT2D eigenvalue weighted by Gasteiger charge is 2.24. The van der Waals surface area contributed by atoms with E-state index in [0.29, 0.717) is 37.4 Å². The van der Waals surface area contributed by atoms with Crippen molar-refractivity contribution in [3.05, 3.63) is 70.5 Å². The zero-order valence-corrected chi connectivity index (χ0v) is 14.5. The Morgan fingerprint density at radius 1 is 0.963 bits per heavy atom. The summed E-state index contributed by atoms with van der Waals surface area (Å²) in [5.74, 6) is -0.128. The van der Waals surface area contributed by atoms with Gasteiger partial charge in [0, 0.05) is 44.0 Å². The van der Waals surface area contributed by atoms with E-state index in [-0.39, 0.29) is 11.6 Å². The van der Waals surface area contributed by atoms with Gasteiger partial charge in [-0.3, -0.25) is 19.9 Å². The zero-order valence-electron chi connectivity index (χ0n) is 14.5. The molecule has 1 saturated heterocycles. The van der Waals surface area contributed by atoms with E-state index in [0.717, 1.165) is 11.2 Å². The summed E-state index contributed by atoms with van der Waals surface area (Å²) in [4.78, 5) is 35.7. The predicted molar refractivity (Wildman–Crippen MR) is 101 cm³/mol. The van der Waals surface area contributed by atoms with Crippen molar-refractivity contribution in [3.8, 4) is 0 Å². The molecule has 1 aliphatic heterocycles. The molecule has 0 atom stereocenters. The number of nitrogens with zero attached hydrogens (tertiary/aromatic N) is 5. The first-order valence-corrected chi connectivity index (χ1v) is 8.62. The number of hydrogen-bond donors (Lipinski definition) is 0. The lowest BCUT2D eigenvalue weighted by molar-refractivity contribution is -0.384. The monoisotopic (exact) mass is 363 g/mol. The maximum Gasteiger partial charge on any atom is 0.274 e. The summed E-state index contributed by atoms with van der Waals surface area (Å²) in [6.07, 6.45) is 1.52. The maximum absolute atomic E-state index is 12.7. The van der Waals surface area contributed by atoms with Crippen LogP contribution in [0.15, 0.2) is 54.7 Å². The van der Waals surface area contributed by atoms with Crippen LogP contribution >= 0.6 is 0 Å². The van der Waals surface area contributed by atoms with Crippen LogP contribution in [0.25, 0.3) is 11.0 Å². The molecular formula is C19H17N5O3. The molecule has 1 amide bonds. The molecule has 0 spiro atoms. The van der Waals surface area contributed by atoms with Gasteiger partial charge in [0.05, 0.1) is 22.2 Å². The van der Waals surface area contributed by atoms with Gasteiger partial charge in [0.15, 0.2) is 0 Å². The Balaban J connectivity index is 1.43. The molecule has 0 bridgehead atoms. The number of para-hydroxylation sites is 2. The third-order valence-corrected chi connectivity index (χ3v) is 4.66. The minimum absolute atomic E-state index is 0.0717. The van der Waals surface area contributed by atoms with Crippen LogP contribution in [0.5, 0.6) is 0 Å². The number of carbonyl (C=O) groups excluding carboxylic acids is 1. The summed E-state index contributed by atoms with van der Waals surface area (Å²) in [7, 11) is 0. The number of non-ortho nitro benzene ring substituents is 1. The second-order valence-electron chi connectivity index (χ2n) is 6.30. The number of benzene rings is 2. The number of anilines is 1. The molecular weight excluding hydrogens is 346 g/mol. The maximum atomic E-state index is 12.7. The number of hydrogen-bond acceptors (Lipinski definition) is 6. The largest absolute Gasteiger partial charge is 0.368 e. The standard InChI is InChI=1S/C19H17N5O3/c25-19(18-13-20-16-3-1-2-4-17(16)21-18)23-11-9-22(10-12-23)14-5-7-15(8-6-14)24(26)27/h1-8,13H,9-12H2. The van der Waals surface area contributed by atoms with Gasteiger partial charge in [-0.15, -0.1) is 0 Å². The Hall–Kier alpha value is -3.55. The molecule has 27 heavy (non-hydrogen) atoms. The molecule has 1 aliphatic rings. The Labute approximate surface area is 155 Å². The van der Waals surface area contributed by atoms with Crippen molar-refractivity contribution in [2.45, 2.75) is 0 Å². The van der Waals surface area contributed by atoms with Crippen LogP contribution in [0, 0.1) is 10.1 Å². The predicted octanol–water partition coefficient (Wildman–Crippen LogP) is 2.50. The third kappa shape index (κ3) is 3.41. The minimum Gasteiger partial charge on any atom is -0.368 e. The van der Waals surface area contributed by atoms with Crippen LogP contribution in [0.2, 0.25) is 0 Å². The normalized spacial score (nSPS) is 14.4. The lowest BCUT2D eigenvalue weighted by Crippen LogP contribution is -2.49. The fourth-order valence-electron chi connectivity index (χ4n) is 3.18. The van der Waals surface area contributed by atoms with Crippen LogP contribution in [-0.4, -0.2) is 51.9 Å². The summed E-state index contributed by atoms with van der Waals surface area (Å²) in [6.45, 7) is 2.43. The molecule has 0 saturated carbocycles. The average Bonchev–Trinajstić information content (AvgIpc) is 2.73. The minimum atomic E-state index is -0.412. The number of amides is 1. The first-order chi connectivity index (χ1) is 13.1. The molecule has 1 aromatic heterocycles. The van der Waals surface area contributed by atoms with E-state index in [2.05, 4.69) is 14.9 Å². The van der Waals surface area contributed by atoms with E-state index in [1.807, 2.05) is 24.3 Å². The van der Waals surface area contributed by atoms with Crippen molar-refractivity contribution >= 4 is 28.3 Å². The van der Waals surface area contributed by atoms with Gasteiger partial charge >= 0.3 is 0 Å².